The van der Waals surface area contributed by atoms with E-state index >= 15 is 0 Å². The van der Waals surface area contributed by atoms with Gasteiger partial charge >= 0.3 is 0 Å². The Hall–Kier alpha value is -3.93. The summed E-state index contributed by atoms with van der Waals surface area (Å²) in [5.74, 6) is 0.789. The first-order valence-corrected chi connectivity index (χ1v) is 9.76. The molecule has 2 aromatic heterocycles. The Balaban J connectivity index is 1.25. The second-order valence-electron chi connectivity index (χ2n) is 7.22. The average molecular weight is 397 g/mol. The van der Waals surface area contributed by atoms with Crippen LogP contribution < -0.4 is 5.32 Å². The number of para-hydroxylation sites is 1. The van der Waals surface area contributed by atoms with Gasteiger partial charge in [0.25, 0.3) is 0 Å². The third-order valence-electron chi connectivity index (χ3n) is 4.99. The van der Waals surface area contributed by atoms with E-state index in [1.54, 1.807) is 0 Å². The highest BCUT2D eigenvalue weighted by molar-refractivity contribution is 6.06. The zero-order valence-electron chi connectivity index (χ0n) is 16.4. The SMILES string of the molecule is Cc1ccc(-c2nnc(CCC(=O)Nc3ccc4oc5ccccc5c4c3)o2)cc1. The summed E-state index contributed by atoms with van der Waals surface area (Å²) in [5.41, 5.74) is 4.38. The van der Waals surface area contributed by atoms with Crippen LogP contribution in [0.4, 0.5) is 5.69 Å². The van der Waals surface area contributed by atoms with Crippen molar-refractivity contribution < 1.29 is 13.6 Å². The van der Waals surface area contributed by atoms with Gasteiger partial charge in [0.1, 0.15) is 11.2 Å². The van der Waals surface area contributed by atoms with E-state index in [-0.39, 0.29) is 12.3 Å². The van der Waals surface area contributed by atoms with Crippen LogP contribution in [0.25, 0.3) is 33.4 Å². The number of furan rings is 1. The molecule has 30 heavy (non-hydrogen) atoms. The molecule has 0 spiro atoms. The van der Waals surface area contributed by atoms with Crippen LogP contribution in [0.15, 0.2) is 75.6 Å². The smallest absolute Gasteiger partial charge is 0.247 e. The van der Waals surface area contributed by atoms with Gasteiger partial charge in [0, 0.05) is 34.9 Å². The summed E-state index contributed by atoms with van der Waals surface area (Å²) in [6.45, 7) is 2.02. The van der Waals surface area contributed by atoms with Crippen molar-refractivity contribution >= 4 is 33.5 Å². The highest BCUT2D eigenvalue weighted by Gasteiger charge is 2.12. The normalized spacial score (nSPS) is 11.2. The summed E-state index contributed by atoms with van der Waals surface area (Å²) in [6, 6.07) is 21.4. The molecule has 148 valence electrons. The van der Waals surface area contributed by atoms with Crippen molar-refractivity contribution in [2.75, 3.05) is 5.32 Å². The molecule has 1 N–H and O–H groups in total. The van der Waals surface area contributed by atoms with Crippen LogP contribution in [0.1, 0.15) is 17.9 Å². The van der Waals surface area contributed by atoms with E-state index < -0.39 is 0 Å². The first kappa shape index (κ1) is 18.1. The fraction of sp³-hybridized carbons (Fsp3) is 0.125. The number of carbonyl (C=O) groups is 1. The molecule has 5 aromatic rings. The largest absolute Gasteiger partial charge is 0.456 e. The summed E-state index contributed by atoms with van der Waals surface area (Å²) >= 11 is 0. The fourth-order valence-electron chi connectivity index (χ4n) is 3.42. The summed E-state index contributed by atoms with van der Waals surface area (Å²) in [4.78, 5) is 12.4. The molecule has 2 heterocycles. The van der Waals surface area contributed by atoms with Crippen molar-refractivity contribution in [3.8, 4) is 11.5 Å². The molecule has 0 aliphatic carbocycles. The number of rotatable bonds is 5. The predicted molar refractivity (Wildman–Crippen MR) is 115 cm³/mol. The standard InChI is InChI=1S/C24H19N3O3/c1-15-6-8-16(9-7-15)24-27-26-23(30-24)13-12-22(28)25-17-10-11-21-19(14-17)18-4-2-3-5-20(18)29-21/h2-11,14H,12-13H2,1H3,(H,25,28). The zero-order chi connectivity index (χ0) is 20.5. The fourth-order valence-corrected chi connectivity index (χ4v) is 3.42. The van der Waals surface area contributed by atoms with Gasteiger partial charge in [-0.2, -0.15) is 0 Å². The number of aromatic nitrogens is 2. The Morgan fingerprint density at radius 2 is 1.70 bits per heavy atom. The van der Waals surface area contributed by atoms with Crippen LogP contribution in [-0.2, 0) is 11.2 Å². The number of amides is 1. The van der Waals surface area contributed by atoms with Crippen molar-refractivity contribution in [3.05, 3.63) is 78.2 Å². The van der Waals surface area contributed by atoms with Crippen molar-refractivity contribution in [1.82, 2.24) is 10.2 Å². The number of anilines is 1. The molecule has 3 aromatic carbocycles. The monoisotopic (exact) mass is 397 g/mol. The topological polar surface area (TPSA) is 81.2 Å². The molecule has 0 radical (unpaired) electrons. The molecular formula is C24H19N3O3. The Bertz CT molecular complexity index is 1350. The van der Waals surface area contributed by atoms with Gasteiger partial charge in [-0.25, -0.2) is 0 Å². The molecule has 6 heteroatoms. The maximum absolute atomic E-state index is 12.4. The first-order valence-electron chi connectivity index (χ1n) is 9.76. The van der Waals surface area contributed by atoms with Crippen LogP contribution in [0.5, 0.6) is 0 Å². The molecule has 0 aliphatic rings. The zero-order valence-corrected chi connectivity index (χ0v) is 16.4. The lowest BCUT2D eigenvalue weighted by atomic mass is 10.1. The lowest BCUT2D eigenvalue weighted by Crippen LogP contribution is -2.12. The molecule has 0 aliphatic heterocycles. The minimum absolute atomic E-state index is 0.114. The Morgan fingerprint density at radius 1 is 0.900 bits per heavy atom. The van der Waals surface area contributed by atoms with Crippen LogP contribution >= 0.6 is 0 Å². The molecule has 0 saturated carbocycles. The maximum Gasteiger partial charge on any atom is 0.247 e. The van der Waals surface area contributed by atoms with E-state index in [1.165, 1.54) is 0 Å². The second kappa shape index (κ2) is 7.48. The predicted octanol–water partition coefficient (Wildman–Crippen LogP) is 5.52. The second-order valence-corrected chi connectivity index (χ2v) is 7.22. The van der Waals surface area contributed by atoms with E-state index in [4.69, 9.17) is 8.83 Å². The van der Waals surface area contributed by atoms with E-state index in [2.05, 4.69) is 15.5 Å². The molecule has 0 saturated heterocycles. The molecule has 0 unspecified atom stereocenters. The third-order valence-corrected chi connectivity index (χ3v) is 4.99. The highest BCUT2D eigenvalue weighted by atomic mass is 16.4. The van der Waals surface area contributed by atoms with Crippen LogP contribution in [0.3, 0.4) is 0 Å². The Morgan fingerprint density at radius 3 is 2.57 bits per heavy atom. The highest BCUT2D eigenvalue weighted by Crippen LogP contribution is 2.30. The van der Waals surface area contributed by atoms with E-state index in [0.29, 0.717) is 18.2 Å². The molecule has 0 bridgehead atoms. The average Bonchev–Trinajstić information content (AvgIpc) is 3.37. The van der Waals surface area contributed by atoms with Gasteiger partial charge in [0.05, 0.1) is 0 Å². The van der Waals surface area contributed by atoms with Crippen LogP contribution in [0.2, 0.25) is 0 Å². The minimum atomic E-state index is -0.114. The number of aryl methyl sites for hydroxylation is 2. The number of nitrogens with zero attached hydrogens (tertiary/aromatic N) is 2. The first-order chi connectivity index (χ1) is 14.7. The van der Waals surface area contributed by atoms with E-state index in [9.17, 15) is 4.79 Å². The lowest BCUT2D eigenvalue weighted by Gasteiger charge is -2.04. The molecule has 0 fully saturated rings. The van der Waals surface area contributed by atoms with Crippen LogP contribution in [-0.4, -0.2) is 16.1 Å². The Labute approximate surface area is 172 Å². The summed E-state index contributed by atoms with van der Waals surface area (Å²) in [5, 5.41) is 13.1. The molecule has 6 nitrogen and oxygen atoms in total. The number of carbonyl (C=O) groups excluding carboxylic acids is 1. The lowest BCUT2D eigenvalue weighted by molar-refractivity contribution is -0.116. The summed E-state index contributed by atoms with van der Waals surface area (Å²) in [6.07, 6.45) is 0.626. The maximum atomic E-state index is 12.4. The third kappa shape index (κ3) is 3.55. The minimum Gasteiger partial charge on any atom is -0.456 e. The molecular weight excluding hydrogens is 378 g/mol. The van der Waals surface area contributed by atoms with Gasteiger partial charge in [-0.15, -0.1) is 10.2 Å². The van der Waals surface area contributed by atoms with Crippen LogP contribution in [0, 0.1) is 6.92 Å². The summed E-state index contributed by atoms with van der Waals surface area (Å²) in [7, 11) is 0. The van der Waals surface area contributed by atoms with E-state index in [0.717, 1.165) is 38.8 Å². The van der Waals surface area contributed by atoms with Gasteiger partial charge in [-0.3, -0.25) is 4.79 Å². The molecule has 1 amide bonds. The van der Waals surface area contributed by atoms with Crippen molar-refractivity contribution in [3.63, 3.8) is 0 Å². The van der Waals surface area contributed by atoms with E-state index in [1.807, 2.05) is 73.7 Å². The number of fused-ring (bicyclic) bond motifs is 3. The van der Waals surface area contributed by atoms with Gasteiger partial charge < -0.3 is 14.2 Å². The van der Waals surface area contributed by atoms with Gasteiger partial charge in [0.2, 0.25) is 17.7 Å². The van der Waals surface area contributed by atoms with Gasteiger partial charge in [0.15, 0.2) is 0 Å². The quantitative estimate of drug-likeness (QED) is 0.422. The molecule has 0 atom stereocenters. The van der Waals surface area contributed by atoms with Gasteiger partial charge in [-0.1, -0.05) is 35.9 Å². The van der Waals surface area contributed by atoms with Crippen molar-refractivity contribution in [2.45, 2.75) is 19.8 Å². The number of hydrogen-bond donors (Lipinski definition) is 1. The van der Waals surface area contributed by atoms with Crippen molar-refractivity contribution in [1.29, 1.82) is 0 Å². The summed E-state index contributed by atoms with van der Waals surface area (Å²) < 4.78 is 11.5. The Kier molecular flexibility index (Phi) is 4.52. The van der Waals surface area contributed by atoms with Gasteiger partial charge in [-0.05, 0) is 43.3 Å². The number of nitrogens with one attached hydrogen (secondary N) is 1. The van der Waals surface area contributed by atoms with Crippen molar-refractivity contribution in [2.24, 2.45) is 0 Å². The number of hydrogen-bond acceptors (Lipinski definition) is 5. The number of benzene rings is 3. The molecule has 5 rings (SSSR count).